The van der Waals surface area contributed by atoms with Crippen molar-refractivity contribution in [3.8, 4) is 0 Å². The monoisotopic (exact) mass is 268 g/mol. The van der Waals surface area contributed by atoms with Crippen LogP contribution in [0.1, 0.15) is 25.7 Å². The van der Waals surface area contributed by atoms with Crippen LogP contribution in [0.4, 0.5) is 0 Å². The molecule has 3 unspecified atom stereocenters. The van der Waals surface area contributed by atoms with Gasteiger partial charge in [0.2, 0.25) is 11.8 Å². The van der Waals surface area contributed by atoms with Gasteiger partial charge in [0, 0.05) is 25.6 Å². The predicted molar refractivity (Wildman–Crippen MR) is 66.1 cm³/mol. The molecule has 0 spiro atoms. The van der Waals surface area contributed by atoms with Gasteiger partial charge in [0.05, 0.1) is 12.2 Å². The highest BCUT2D eigenvalue weighted by Gasteiger charge is 2.44. The molecule has 3 atom stereocenters. The summed E-state index contributed by atoms with van der Waals surface area (Å²) in [7, 11) is 0. The second-order valence-electron chi connectivity index (χ2n) is 5.84. The Labute approximate surface area is 112 Å². The smallest absolute Gasteiger partial charge is 0.245 e. The van der Waals surface area contributed by atoms with Crippen LogP contribution in [0.15, 0.2) is 0 Å². The van der Waals surface area contributed by atoms with Crippen molar-refractivity contribution in [2.24, 2.45) is 5.92 Å². The maximum Gasteiger partial charge on any atom is 0.245 e. The Morgan fingerprint density at radius 2 is 1.58 bits per heavy atom. The van der Waals surface area contributed by atoms with Gasteiger partial charge < -0.3 is 20.0 Å². The third-order valence-electron chi connectivity index (χ3n) is 4.32. The summed E-state index contributed by atoms with van der Waals surface area (Å²) in [5, 5.41) is 19.0. The lowest BCUT2D eigenvalue weighted by Gasteiger charge is -2.27. The van der Waals surface area contributed by atoms with E-state index in [0.717, 1.165) is 19.3 Å². The summed E-state index contributed by atoms with van der Waals surface area (Å²) >= 11 is 0. The lowest BCUT2D eigenvalue weighted by molar-refractivity contribution is -0.144. The first-order valence-electron chi connectivity index (χ1n) is 7.03. The van der Waals surface area contributed by atoms with E-state index in [9.17, 15) is 19.8 Å². The van der Waals surface area contributed by atoms with Crippen molar-refractivity contribution >= 4 is 11.8 Å². The molecule has 2 saturated heterocycles. The molecule has 6 heteroatoms. The number of hydrogen-bond donors (Lipinski definition) is 2. The van der Waals surface area contributed by atoms with E-state index < -0.39 is 12.2 Å². The summed E-state index contributed by atoms with van der Waals surface area (Å²) in [6, 6.07) is -0.384. The van der Waals surface area contributed by atoms with Crippen LogP contribution in [0.25, 0.3) is 0 Å². The zero-order valence-electron chi connectivity index (χ0n) is 10.9. The molecule has 106 valence electrons. The molecule has 0 aromatic carbocycles. The normalized spacial score (nSPS) is 34.9. The summed E-state index contributed by atoms with van der Waals surface area (Å²) in [5.41, 5.74) is 0. The first-order valence-corrected chi connectivity index (χ1v) is 7.03. The topological polar surface area (TPSA) is 81.1 Å². The summed E-state index contributed by atoms with van der Waals surface area (Å²) in [6.07, 6.45) is 1.71. The molecule has 0 aromatic rings. The fraction of sp³-hybridized carbons (Fsp3) is 0.846. The van der Waals surface area contributed by atoms with Crippen LogP contribution in [0.2, 0.25) is 0 Å². The fourth-order valence-corrected chi connectivity index (χ4v) is 3.01. The highest BCUT2D eigenvalue weighted by atomic mass is 16.3. The summed E-state index contributed by atoms with van der Waals surface area (Å²) in [4.78, 5) is 27.7. The number of hydrogen-bond acceptors (Lipinski definition) is 4. The first-order chi connectivity index (χ1) is 9.08. The summed E-state index contributed by atoms with van der Waals surface area (Å²) in [6.45, 7) is 0.995. The van der Waals surface area contributed by atoms with E-state index in [1.54, 1.807) is 4.90 Å². The third kappa shape index (κ3) is 2.34. The Kier molecular flexibility index (Phi) is 3.22. The number of carbonyl (C=O) groups excluding carboxylic acids is 2. The van der Waals surface area contributed by atoms with E-state index in [0.29, 0.717) is 13.0 Å². The van der Waals surface area contributed by atoms with Crippen LogP contribution in [0.3, 0.4) is 0 Å². The lowest BCUT2D eigenvalue weighted by Crippen LogP contribution is -2.47. The molecule has 3 aliphatic rings. The molecule has 1 saturated carbocycles. The maximum absolute atomic E-state index is 12.4. The number of aliphatic hydroxyl groups is 2. The molecule has 3 rings (SSSR count). The second-order valence-corrected chi connectivity index (χ2v) is 5.84. The van der Waals surface area contributed by atoms with Gasteiger partial charge in [0.15, 0.2) is 0 Å². The van der Waals surface area contributed by atoms with Crippen molar-refractivity contribution in [1.82, 2.24) is 9.80 Å². The zero-order valence-corrected chi connectivity index (χ0v) is 10.9. The van der Waals surface area contributed by atoms with Gasteiger partial charge in [-0.3, -0.25) is 9.59 Å². The van der Waals surface area contributed by atoms with Gasteiger partial charge in [0.25, 0.3) is 0 Å². The van der Waals surface area contributed by atoms with Gasteiger partial charge in [0.1, 0.15) is 6.04 Å². The molecule has 6 nitrogen and oxygen atoms in total. The van der Waals surface area contributed by atoms with Gasteiger partial charge in [-0.1, -0.05) is 0 Å². The van der Waals surface area contributed by atoms with Gasteiger partial charge in [-0.2, -0.15) is 0 Å². The molecule has 2 heterocycles. The van der Waals surface area contributed by atoms with Crippen LogP contribution in [-0.4, -0.2) is 69.7 Å². The van der Waals surface area contributed by atoms with Crippen molar-refractivity contribution < 1.29 is 19.8 Å². The van der Waals surface area contributed by atoms with Crippen molar-refractivity contribution in [2.45, 2.75) is 43.9 Å². The largest absolute Gasteiger partial charge is 0.388 e. The van der Waals surface area contributed by atoms with E-state index >= 15 is 0 Å². The molecule has 2 N–H and O–H groups in total. The number of amides is 2. The van der Waals surface area contributed by atoms with E-state index in [2.05, 4.69) is 0 Å². The maximum atomic E-state index is 12.4. The molecule has 0 aromatic heterocycles. The van der Waals surface area contributed by atoms with Crippen molar-refractivity contribution in [2.75, 3.05) is 19.6 Å². The van der Waals surface area contributed by atoms with E-state index in [1.807, 2.05) is 0 Å². The van der Waals surface area contributed by atoms with Gasteiger partial charge in [-0.25, -0.2) is 0 Å². The van der Waals surface area contributed by atoms with E-state index in [1.165, 1.54) is 4.90 Å². The molecule has 19 heavy (non-hydrogen) atoms. The molecule has 1 aliphatic carbocycles. The van der Waals surface area contributed by atoms with Crippen molar-refractivity contribution in [3.63, 3.8) is 0 Å². The van der Waals surface area contributed by atoms with E-state index in [4.69, 9.17) is 0 Å². The van der Waals surface area contributed by atoms with Crippen LogP contribution in [0, 0.1) is 5.92 Å². The SMILES string of the molecule is O=C(C1CCCN1C(=O)C1CC1)N1CC(O)C(O)C1. The van der Waals surface area contributed by atoms with Gasteiger partial charge in [-0.15, -0.1) is 0 Å². The zero-order chi connectivity index (χ0) is 13.6. The number of aliphatic hydroxyl groups excluding tert-OH is 2. The Morgan fingerprint density at radius 1 is 0.947 bits per heavy atom. The molecule has 0 radical (unpaired) electrons. The van der Waals surface area contributed by atoms with Crippen molar-refractivity contribution in [3.05, 3.63) is 0 Å². The highest BCUT2D eigenvalue weighted by molar-refractivity contribution is 5.90. The molecule has 0 bridgehead atoms. The highest BCUT2D eigenvalue weighted by Crippen LogP contribution is 2.34. The Morgan fingerprint density at radius 3 is 2.16 bits per heavy atom. The average molecular weight is 268 g/mol. The second kappa shape index (κ2) is 4.76. The first kappa shape index (κ1) is 12.9. The molecular weight excluding hydrogens is 248 g/mol. The Hall–Kier alpha value is -1.14. The van der Waals surface area contributed by atoms with Crippen LogP contribution < -0.4 is 0 Å². The standard InChI is InChI=1S/C13H20N2O4/c16-10-6-14(7-11(10)17)13(19)9-2-1-5-15(9)12(18)8-3-4-8/h8-11,16-17H,1-7H2. The number of carbonyl (C=O) groups is 2. The minimum Gasteiger partial charge on any atom is -0.388 e. The lowest BCUT2D eigenvalue weighted by atomic mass is 10.2. The predicted octanol–water partition coefficient (Wildman–Crippen LogP) is -1.05. The van der Waals surface area contributed by atoms with Crippen molar-refractivity contribution in [1.29, 1.82) is 0 Å². The molecule has 2 aliphatic heterocycles. The molecular formula is C13H20N2O4. The van der Waals surface area contributed by atoms with Crippen LogP contribution in [-0.2, 0) is 9.59 Å². The quantitative estimate of drug-likeness (QED) is 0.670. The Bertz CT molecular complexity index is 386. The fourth-order valence-electron chi connectivity index (χ4n) is 3.01. The van der Waals surface area contributed by atoms with Crippen LogP contribution in [0.5, 0.6) is 0 Å². The van der Waals surface area contributed by atoms with E-state index in [-0.39, 0.29) is 36.9 Å². The minimum absolute atomic E-state index is 0.108. The summed E-state index contributed by atoms with van der Waals surface area (Å²) in [5.74, 6) is 0.112. The minimum atomic E-state index is -0.863. The number of rotatable bonds is 2. The van der Waals surface area contributed by atoms with Crippen LogP contribution >= 0.6 is 0 Å². The number of likely N-dealkylation sites (tertiary alicyclic amines) is 2. The summed E-state index contributed by atoms with van der Waals surface area (Å²) < 4.78 is 0. The average Bonchev–Trinajstić information content (AvgIpc) is 3.03. The van der Waals surface area contributed by atoms with Gasteiger partial charge >= 0.3 is 0 Å². The number of β-amino-alcohol motifs (C(OH)–C–C–N with tert-alkyl or cyclic N) is 2. The Balaban J connectivity index is 1.67. The molecule has 2 amide bonds. The van der Waals surface area contributed by atoms with Gasteiger partial charge in [-0.05, 0) is 25.7 Å². The molecule has 3 fully saturated rings. The number of nitrogens with zero attached hydrogens (tertiary/aromatic N) is 2. The third-order valence-corrected chi connectivity index (χ3v) is 4.32.